The van der Waals surface area contributed by atoms with Gasteiger partial charge in [0.2, 0.25) is 0 Å². The zero-order valence-corrected chi connectivity index (χ0v) is 21.9. The minimum Gasteiger partial charge on any atom is -0.487 e. The second kappa shape index (κ2) is 10.1. The lowest BCUT2D eigenvalue weighted by Gasteiger charge is -2.27. The van der Waals surface area contributed by atoms with Gasteiger partial charge in [0.25, 0.3) is 11.8 Å². The van der Waals surface area contributed by atoms with Crippen LogP contribution < -0.4 is 10.1 Å². The highest BCUT2D eigenvalue weighted by Crippen LogP contribution is 2.34. The van der Waals surface area contributed by atoms with Crippen molar-refractivity contribution in [2.24, 2.45) is 0 Å². The molecule has 1 saturated heterocycles. The summed E-state index contributed by atoms with van der Waals surface area (Å²) >= 11 is 10.9. The molecule has 0 aromatic heterocycles. The van der Waals surface area contributed by atoms with Crippen LogP contribution in [-0.2, 0) is 16.2 Å². The first-order valence-electron chi connectivity index (χ1n) is 9.97. The first-order valence-corrected chi connectivity index (χ1v) is 12.3. The first-order chi connectivity index (χ1) is 15.9. The van der Waals surface area contributed by atoms with Crippen LogP contribution in [0.25, 0.3) is 16.8 Å². The number of benzene rings is 3. The van der Waals surface area contributed by atoms with Crippen LogP contribution in [0, 0.1) is 3.57 Å². The van der Waals surface area contributed by atoms with Crippen LogP contribution in [0.2, 0.25) is 0 Å². The van der Waals surface area contributed by atoms with E-state index in [4.69, 9.17) is 17.0 Å². The lowest BCUT2D eigenvalue weighted by atomic mass is 10.1. The van der Waals surface area contributed by atoms with E-state index in [1.807, 2.05) is 30.3 Å². The second-order valence-electron chi connectivity index (χ2n) is 7.26. The molecular weight excluding hydrogens is 615 g/mol. The van der Waals surface area contributed by atoms with Crippen LogP contribution in [0.5, 0.6) is 5.75 Å². The van der Waals surface area contributed by atoms with Crippen LogP contribution in [0.4, 0.5) is 0 Å². The average molecular weight is 633 g/mol. The number of nitrogens with one attached hydrogen (secondary N) is 1. The van der Waals surface area contributed by atoms with Crippen LogP contribution >= 0.6 is 50.7 Å². The molecule has 4 rings (SSSR count). The van der Waals surface area contributed by atoms with E-state index in [9.17, 15) is 9.59 Å². The molecule has 0 atom stereocenters. The van der Waals surface area contributed by atoms with E-state index in [-0.39, 0.29) is 17.2 Å². The molecule has 8 heteroatoms. The number of carbonyl (C=O) groups is 2. The van der Waals surface area contributed by atoms with Gasteiger partial charge in [0.1, 0.15) is 17.9 Å². The van der Waals surface area contributed by atoms with E-state index in [1.165, 1.54) is 4.90 Å². The molecule has 33 heavy (non-hydrogen) atoms. The van der Waals surface area contributed by atoms with Gasteiger partial charge in [-0.05, 0) is 90.8 Å². The Labute approximate surface area is 218 Å². The number of carbonyl (C=O) groups excluding carboxylic acids is 2. The Kier molecular flexibility index (Phi) is 7.26. The zero-order chi connectivity index (χ0) is 23.5. The third kappa shape index (κ3) is 5.02. The van der Waals surface area contributed by atoms with Gasteiger partial charge in [-0.25, -0.2) is 0 Å². The van der Waals surface area contributed by atoms with Crippen molar-refractivity contribution in [2.75, 3.05) is 6.54 Å². The fraction of sp³-hybridized carbons (Fsp3) is 0.0800. The van der Waals surface area contributed by atoms with Gasteiger partial charge in [-0.2, -0.15) is 0 Å². The molecule has 0 saturated carbocycles. The molecule has 1 heterocycles. The van der Waals surface area contributed by atoms with Crippen LogP contribution in [0.3, 0.4) is 0 Å². The van der Waals surface area contributed by atoms with Crippen molar-refractivity contribution in [1.82, 2.24) is 10.2 Å². The van der Waals surface area contributed by atoms with E-state index < -0.39 is 11.8 Å². The summed E-state index contributed by atoms with van der Waals surface area (Å²) in [5.41, 5.74) is 1.79. The molecular formula is C25H18BrIN2O3S. The normalized spacial score (nSPS) is 15.2. The molecule has 3 aromatic rings. The van der Waals surface area contributed by atoms with Crippen molar-refractivity contribution in [2.45, 2.75) is 6.61 Å². The van der Waals surface area contributed by atoms with Gasteiger partial charge in [-0.15, -0.1) is 6.58 Å². The number of amides is 2. The Balaban J connectivity index is 1.59. The number of hydrogen-bond acceptors (Lipinski definition) is 4. The maximum Gasteiger partial charge on any atom is 0.265 e. The van der Waals surface area contributed by atoms with Crippen LogP contribution in [0.15, 0.2) is 77.3 Å². The Morgan fingerprint density at radius 3 is 2.67 bits per heavy atom. The summed E-state index contributed by atoms with van der Waals surface area (Å²) in [5.74, 6) is -0.279. The maximum atomic E-state index is 12.8. The molecule has 3 aromatic carbocycles. The summed E-state index contributed by atoms with van der Waals surface area (Å²) in [6.45, 7) is 4.26. The first kappa shape index (κ1) is 23.6. The number of thiocarbonyl (C=S) groups is 1. The summed E-state index contributed by atoms with van der Waals surface area (Å²) < 4.78 is 7.72. The van der Waals surface area contributed by atoms with Crippen molar-refractivity contribution < 1.29 is 14.3 Å². The van der Waals surface area contributed by atoms with Gasteiger partial charge in [0.05, 0.1) is 8.04 Å². The molecule has 0 aliphatic carbocycles. The van der Waals surface area contributed by atoms with Crippen molar-refractivity contribution in [1.29, 1.82) is 0 Å². The Bertz CT molecular complexity index is 1310. The molecule has 1 aliphatic heterocycles. The largest absolute Gasteiger partial charge is 0.487 e. The molecule has 0 radical (unpaired) electrons. The zero-order valence-electron chi connectivity index (χ0n) is 17.3. The molecule has 1 aliphatic rings. The Morgan fingerprint density at radius 2 is 1.91 bits per heavy atom. The van der Waals surface area contributed by atoms with Crippen LogP contribution in [0.1, 0.15) is 11.1 Å². The smallest absolute Gasteiger partial charge is 0.265 e. The molecule has 0 bridgehead atoms. The van der Waals surface area contributed by atoms with Crippen LogP contribution in [-0.4, -0.2) is 28.4 Å². The summed E-state index contributed by atoms with van der Waals surface area (Å²) in [4.78, 5) is 26.5. The van der Waals surface area contributed by atoms with Crippen molar-refractivity contribution in [3.63, 3.8) is 0 Å². The molecule has 1 fully saturated rings. The summed E-state index contributed by atoms with van der Waals surface area (Å²) in [6.07, 6.45) is 3.11. The number of fused-ring (bicyclic) bond motifs is 1. The van der Waals surface area contributed by atoms with Gasteiger partial charge in [0, 0.05) is 6.54 Å². The molecule has 166 valence electrons. The standard InChI is InChI=1S/C25H18BrIN2O3S/c1-2-10-29-24(31)19(23(30)28-25(29)33)11-15-12-20(26)22(21(27)13-15)32-14-17-8-5-7-16-6-3-4-9-18(16)17/h2-9,11-13H,1,10,14H2,(H,28,30,33)/b19-11+. The number of halogens is 2. The van der Waals surface area contributed by atoms with Gasteiger partial charge < -0.3 is 4.74 Å². The number of nitrogens with zero attached hydrogens (tertiary/aromatic N) is 1. The van der Waals surface area contributed by atoms with E-state index in [0.717, 1.165) is 24.4 Å². The lowest BCUT2D eigenvalue weighted by Crippen LogP contribution is -2.53. The Morgan fingerprint density at radius 1 is 1.15 bits per heavy atom. The number of ether oxygens (including phenoxy) is 1. The van der Waals surface area contributed by atoms with Gasteiger partial charge in [-0.1, -0.05) is 48.5 Å². The van der Waals surface area contributed by atoms with Crippen molar-refractivity contribution in [3.8, 4) is 5.75 Å². The fourth-order valence-electron chi connectivity index (χ4n) is 3.52. The maximum absolute atomic E-state index is 12.8. The monoisotopic (exact) mass is 632 g/mol. The second-order valence-corrected chi connectivity index (χ2v) is 9.67. The van der Waals surface area contributed by atoms with Crippen molar-refractivity contribution >= 4 is 84.5 Å². The predicted molar refractivity (Wildman–Crippen MR) is 146 cm³/mol. The van der Waals surface area contributed by atoms with E-state index in [2.05, 4.69) is 74.7 Å². The predicted octanol–water partition coefficient (Wildman–Crippen LogP) is 5.60. The molecule has 5 nitrogen and oxygen atoms in total. The van der Waals surface area contributed by atoms with Gasteiger partial charge in [0.15, 0.2) is 5.11 Å². The van der Waals surface area contributed by atoms with E-state index >= 15 is 0 Å². The topological polar surface area (TPSA) is 58.6 Å². The highest BCUT2D eigenvalue weighted by molar-refractivity contribution is 14.1. The minimum atomic E-state index is -0.521. The summed E-state index contributed by atoms with van der Waals surface area (Å²) in [6, 6.07) is 18.0. The summed E-state index contributed by atoms with van der Waals surface area (Å²) in [7, 11) is 0. The number of rotatable bonds is 6. The lowest BCUT2D eigenvalue weighted by molar-refractivity contribution is -0.128. The van der Waals surface area contributed by atoms with E-state index in [1.54, 1.807) is 12.2 Å². The fourth-order valence-corrected chi connectivity index (χ4v) is 5.54. The molecule has 0 spiro atoms. The third-order valence-corrected chi connectivity index (χ3v) is 6.79. The molecule has 0 unspecified atom stereocenters. The summed E-state index contributed by atoms with van der Waals surface area (Å²) in [5, 5.41) is 4.94. The highest BCUT2D eigenvalue weighted by Gasteiger charge is 2.32. The quantitative estimate of drug-likeness (QED) is 0.126. The SMILES string of the molecule is C=CCN1C(=O)/C(=C/c2cc(Br)c(OCc3cccc4ccccc34)c(I)c2)C(=O)NC1=S. The van der Waals surface area contributed by atoms with Crippen molar-refractivity contribution in [3.05, 3.63) is 92.0 Å². The Hall–Kier alpha value is -2.56. The minimum absolute atomic E-state index is 0.0116. The highest BCUT2D eigenvalue weighted by atomic mass is 127. The third-order valence-electron chi connectivity index (χ3n) is 5.08. The molecule has 2 amide bonds. The molecule has 1 N–H and O–H groups in total. The van der Waals surface area contributed by atoms with Gasteiger partial charge in [-0.3, -0.25) is 19.8 Å². The number of hydrogen-bond donors (Lipinski definition) is 1. The average Bonchev–Trinajstić information content (AvgIpc) is 2.79. The van der Waals surface area contributed by atoms with E-state index in [0.29, 0.717) is 17.9 Å². The van der Waals surface area contributed by atoms with Gasteiger partial charge >= 0.3 is 0 Å².